The molecular weight excluding hydrogens is 336 g/mol. The first kappa shape index (κ1) is 21.2. The van der Waals surface area contributed by atoms with Crippen LogP contribution in [0.3, 0.4) is 0 Å². The molecule has 0 aromatic heterocycles. The second kappa shape index (κ2) is 8.63. The van der Waals surface area contributed by atoms with Gasteiger partial charge >= 0.3 is 0 Å². The van der Waals surface area contributed by atoms with E-state index in [9.17, 15) is 0 Å². The molecule has 5 fully saturated rings. The number of unbranched alkanes of at least 4 members (excludes halogenated alkanes) is 3. The van der Waals surface area contributed by atoms with Crippen molar-refractivity contribution in [3.8, 4) is 0 Å². The molecule has 0 aromatic rings. The van der Waals surface area contributed by atoms with E-state index >= 15 is 0 Å². The molecule has 0 heteroatoms. The molecule has 0 saturated heterocycles. The standard InChI is InChI=1S/C22H36.C6H14/c1-15-9-13-22-14-10-18-17-6-4-3-5-16(17)7-8-20(18)21(22,2)12-11-19(15)22;1-3-5-6-4-2/h15-20H,3-14H2,1-2H3;3-6H2,1-2H3. The quantitative estimate of drug-likeness (QED) is 0.424. The molecule has 0 radical (unpaired) electrons. The van der Waals surface area contributed by atoms with Gasteiger partial charge in [-0.05, 0) is 104 Å². The van der Waals surface area contributed by atoms with Crippen LogP contribution in [0.15, 0.2) is 0 Å². The lowest BCUT2D eigenvalue weighted by Gasteiger charge is -2.61. The lowest BCUT2D eigenvalue weighted by atomic mass is 9.44. The van der Waals surface area contributed by atoms with Crippen LogP contribution in [0.2, 0.25) is 0 Å². The van der Waals surface area contributed by atoms with Crippen molar-refractivity contribution in [1.29, 1.82) is 0 Å². The molecule has 162 valence electrons. The van der Waals surface area contributed by atoms with Gasteiger partial charge in [0.15, 0.2) is 0 Å². The normalized spacial score (nSPS) is 49.3. The first-order valence-electron chi connectivity index (χ1n) is 13.6. The summed E-state index contributed by atoms with van der Waals surface area (Å²) in [6.45, 7) is 9.83. The summed E-state index contributed by atoms with van der Waals surface area (Å²) in [5.74, 6) is 6.64. The summed E-state index contributed by atoms with van der Waals surface area (Å²) in [6.07, 6.45) is 24.5. The zero-order valence-corrected chi connectivity index (χ0v) is 19.8. The summed E-state index contributed by atoms with van der Waals surface area (Å²) in [5, 5.41) is 0. The van der Waals surface area contributed by atoms with Crippen LogP contribution >= 0.6 is 0 Å². The molecule has 28 heavy (non-hydrogen) atoms. The van der Waals surface area contributed by atoms with Crippen LogP contribution in [0.5, 0.6) is 0 Å². The van der Waals surface area contributed by atoms with Gasteiger partial charge < -0.3 is 0 Å². The van der Waals surface area contributed by atoms with Crippen LogP contribution in [-0.2, 0) is 0 Å². The molecule has 8 unspecified atom stereocenters. The van der Waals surface area contributed by atoms with E-state index in [4.69, 9.17) is 0 Å². The van der Waals surface area contributed by atoms with Gasteiger partial charge in [0, 0.05) is 0 Å². The highest BCUT2D eigenvalue weighted by molar-refractivity contribution is 5.16. The summed E-state index contributed by atoms with van der Waals surface area (Å²) >= 11 is 0. The third kappa shape index (κ3) is 3.32. The topological polar surface area (TPSA) is 0 Å². The van der Waals surface area contributed by atoms with Crippen molar-refractivity contribution >= 4 is 0 Å². The van der Waals surface area contributed by atoms with Crippen molar-refractivity contribution < 1.29 is 0 Å². The van der Waals surface area contributed by atoms with Gasteiger partial charge in [-0.1, -0.05) is 72.6 Å². The zero-order valence-electron chi connectivity index (χ0n) is 19.8. The van der Waals surface area contributed by atoms with Gasteiger partial charge in [-0.3, -0.25) is 0 Å². The Balaban J connectivity index is 0.000000283. The molecule has 5 aliphatic carbocycles. The first-order valence-corrected chi connectivity index (χ1v) is 13.6. The van der Waals surface area contributed by atoms with E-state index < -0.39 is 0 Å². The average molecular weight is 387 g/mol. The fourth-order valence-electron chi connectivity index (χ4n) is 9.74. The Morgan fingerprint density at radius 2 is 1.39 bits per heavy atom. The molecule has 8 atom stereocenters. The van der Waals surface area contributed by atoms with Crippen LogP contribution in [-0.4, -0.2) is 0 Å². The lowest BCUT2D eigenvalue weighted by Crippen LogP contribution is -2.53. The second-order valence-electron chi connectivity index (χ2n) is 12.0. The van der Waals surface area contributed by atoms with Crippen molar-refractivity contribution in [2.45, 2.75) is 130 Å². The Morgan fingerprint density at radius 3 is 2.14 bits per heavy atom. The molecule has 0 aromatic carbocycles. The fraction of sp³-hybridized carbons (Fsp3) is 1.00. The van der Waals surface area contributed by atoms with E-state index in [2.05, 4.69) is 27.7 Å². The van der Waals surface area contributed by atoms with Crippen molar-refractivity contribution in [2.75, 3.05) is 0 Å². The Labute approximate surface area is 177 Å². The van der Waals surface area contributed by atoms with E-state index in [0.29, 0.717) is 0 Å². The molecule has 0 amide bonds. The van der Waals surface area contributed by atoms with Crippen LogP contribution in [0.4, 0.5) is 0 Å². The molecular formula is C28H50. The highest BCUT2D eigenvalue weighted by Gasteiger charge is 2.67. The Hall–Kier alpha value is 0. The van der Waals surface area contributed by atoms with E-state index in [1.54, 1.807) is 77.0 Å². The third-order valence-corrected chi connectivity index (χ3v) is 11.1. The Morgan fingerprint density at radius 1 is 0.679 bits per heavy atom. The third-order valence-electron chi connectivity index (χ3n) is 11.1. The largest absolute Gasteiger partial charge is 0.0654 e. The maximum Gasteiger partial charge on any atom is -0.0210 e. The van der Waals surface area contributed by atoms with Crippen LogP contribution < -0.4 is 0 Å². The minimum atomic E-state index is 0.730. The predicted octanol–water partition coefficient (Wildman–Crippen LogP) is 9.03. The summed E-state index contributed by atoms with van der Waals surface area (Å²) in [6, 6.07) is 0. The summed E-state index contributed by atoms with van der Waals surface area (Å²) in [7, 11) is 0. The molecule has 5 rings (SSSR count). The highest BCUT2D eigenvalue weighted by atomic mass is 14.7. The SMILES string of the molecule is CC1CCC23CCC4C5CCCCC5CCC4C2(C)CCC13.CCCCCC. The van der Waals surface area contributed by atoms with Gasteiger partial charge in [0.25, 0.3) is 0 Å². The smallest absolute Gasteiger partial charge is 0.0210 e. The van der Waals surface area contributed by atoms with Crippen molar-refractivity contribution in [1.82, 2.24) is 0 Å². The predicted molar refractivity (Wildman–Crippen MR) is 122 cm³/mol. The first-order chi connectivity index (χ1) is 13.6. The number of rotatable bonds is 3. The number of fused-ring (bicyclic) bond motifs is 4. The average Bonchev–Trinajstić information content (AvgIpc) is 3.21. The summed E-state index contributed by atoms with van der Waals surface area (Å²) in [4.78, 5) is 0. The van der Waals surface area contributed by atoms with Gasteiger partial charge in [0.05, 0.1) is 0 Å². The molecule has 0 N–H and O–H groups in total. The van der Waals surface area contributed by atoms with Gasteiger partial charge in [-0.25, -0.2) is 0 Å². The maximum atomic E-state index is 2.78. The zero-order chi connectivity index (χ0) is 19.8. The summed E-state index contributed by atoms with van der Waals surface area (Å²) in [5.41, 5.74) is 1.52. The number of hydrogen-bond acceptors (Lipinski definition) is 0. The van der Waals surface area contributed by atoms with Crippen LogP contribution in [0.1, 0.15) is 130 Å². The van der Waals surface area contributed by atoms with Gasteiger partial charge in [0.1, 0.15) is 0 Å². The van der Waals surface area contributed by atoms with Gasteiger partial charge in [0.2, 0.25) is 0 Å². The fourth-order valence-corrected chi connectivity index (χ4v) is 9.74. The highest BCUT2D eigenvalue weighted by Crippen LogP contribution is 2.75. The molecule has 5 aliphatic rings. The van der Waals surface area contributed by atoms with Crippen molar-refractivity contribution in [3.63, 3.8) is 0 Å². The molecule has 1 spiro atoms. The van der Waals surface area contributed by atoms with E-state index in [1.165, 1.54) is 25.7 Å². The number of hydrogen-bond donors (Lipinski definition) is 0. The van der Waals surface area contributed by atoms with Gasteiger partial charge in [-0.2, -0.15) is 0 Å². The Bertz CT molecular complexity index is 504. The minimum Gasteiger partial charge on any atom is -0.0654 e. The molecule has 0 aliphatic heterocycles. The molecule has 5 saturated carbocycles. The van der Waals surface area contributed by atoms with E-state index in [-0.39, 0.29) is 0 Å². The van der Waals surface area contributed by atoms with Crippen molar-refractivity contribution in [3.05, 3.63) is 0 Å². The lowest BCUT2D eigenvalue weighted by molar-refractivity contribution is -0.121. The van der Waals surface area contributed by atoms with E-state index in [1.807, 2.05) is 0 Å². The molecule has 0 bridgehead atoms. The Kier molecular flexibility index (Phi) is 6.54. The monoisotopic (exact) mass is 386 g/mol. The van der Waals surface area contributed by atoms with Crippen molar-refractivity contribution in [2.24, 2.45) is 46.3 Å². The van der Waals surface area contributed by atoms with Gasteiger partial charge in [-0.15, -0.1) is 0 Å². The molecule has 0 heterocycles. The molecule has 0 nitrogen and oxygen atoms in total. The maximum absolute atomic E-state index is 2.78. The van der Waals surface area contributed by atoms with Crippen LogP contribution in [0, 0.1) is 46.3 Å². The van der Waals surface area contributed by atoms with E-state index in [0.717, 1.165) is 46.3 Å². The van der Waals surface area contributed by atoms with Crippen LogP contribution in [0.25, 0.3) is 0 Å². The second-order valence-corrected chi connectivity index (χ2v) is 12.0. The minimum absolute atomic E-state index is 0.730. The summed E-state index contributed by atoms with van der Waals surface area (Å²) < 4.78 is 0.